The highest BCUT2D eigenvalue weighted by Gasteiger charge is 2.19. The third-order valence-electron chi connectivity index (χ3n) is 4.94. The zero-order valence-electron chi connectivity index (χ0n) is 16.6. The number of aliphatic imine (C=N–C) groups is 1. The lowest BCUT2D eigenvalue weighted by Crippen LogP contribution is -2.04. The highest BCUT2D eigenvalue weighted by Crippen LogP contribution is 2.33. The molecule has 0 unspecified atom stereocenters. The largest absolute Gasteiger partial charge is 0.494 e. The second kappa shape index (κ2) is 7.75. The van der Waals surface area contributed by atoms with Crippen LogP contribution in [-0.4, -0.2) is 28.9 Å². The lowest BCUT2D eigenvalue weighted by molar-refractivity contribution is 0.0600. The molecule has 0 saturated carbocycles. The molecular formula is C24H21N3O3. The van der Waals surface area contributed by atoms with Crippen LogP contribution in [0.1, 0.15) is 27.0 Å². The lowest BCUT2D eigenvalue weighted by atomic mass is 10.00. The first-order chi connectivity index (χ1) is 14.5. The molecule has 0 amide bonds. The first-order valence-corrected chi connectivity index (χ1v) is 9.41. The number of nitrogens with one attached hydrogen (secondary N) is 1. The molecule has 6 heteroatoms. The summed E-state index contributed by atoms with van der Waals surface area (Å²) in [5.41, 5.74) is 11.2. The number of benzene rings is 3. The molecule has 0 aliphatic carbocycles. The fourth-order valence-electron chi connectivity index (χ4n) is 3.48. The van der Waals surface area contributed by atoms with Gasteiger partial charge in [-0.3, -0.25) is 0 Å². The van der Waals surface area contributed by atoms with Gasteiger partial charge in [0.15, 0.2) is 5.88 Å². The summed E-state index contributed by atoms with van der Waals surface area (Å²) in [5.74, 6) is -0.378. The standard InChI is InChI=1S/C24H21N3O3/c1-14-12-17(9-10-18(14)24(29)30-2)26-22(15-6-4-3-5-7-15)21-19-13-16(25)8-11-20(19)27-23(21)28/h3-13,27-28H,25H2,1-2H3. The van der Waals surface area contributed by atoms with Gasteiger partial charge in [0.2, 0.25) is 0 Å². The Labute approximate surface area is 173 Å². The summed E-state index contributed by atoms with van der Waals surface area (Å²) >= 11 is 0. The van der Waals surface area contributed by atoms with Crippen LogP contribution in [0.4, 0.5) is 11.4 Å². The van der Waals surface area contributed by atoms with Crippen LogP contribution in [0, 0.1) is 6.92 Å². The van der Waals surface area contributed by atoms with Gasteiger partial charge in [-0.2, -0.15) is 0 Å². The number of methoxy groups -OCH3 is 1. The number of hydrogen-bond donors (Lipinski definition) is 3. The quantitative estimate of drug-likeness (QED) is 0.263. The van der Waals surface area contributed by atoms with Crippen LogP contribution in [0.15, 0.2) is 71.7 Å². The van der Waals surface area contributed by atoms with Crippen molar-refractivity contribution in [3.63, 3.8) is 0 Å². The number of ether oxygens (including phenoxy) is 1. The van der Waals surface area contributed by atoms with E-state index in [2.05, 4.69) is 4.98 Å². The number of H-pyrrole nitrogens is 1. The van der Waals surface area contributed by atoms with Gasteiger partial charge in [-0.15, -0.1) is 0 Å². The average molecular weight is 399 g/mol. The topological polar surface area (TPSA) is 101 Å². The zero-order valence-corrected chi connectivity index (χ0v) is 16.6. The van der Waals surface area contributed by atoms with Crippen LogP contribution in [0.3, 0.4) is 0 Å². The summed E-state index contributed by atoms with van der Waals surface area (Å²) in [6.07, 6.45) is 0. The fourth-order valence-corrected chi connectivity index (χ4v) is 3.48. The molecule has 1 aromatic heterocycles. The minimum atomic E-state index is -0.393. The summed E-state index contributed by atoms with van der Waals surface area (Å²) in [6.45, 7) is 1.83. The van der Waals surface area contributed by atoms with Crippen LogP contribution >= 0.6 is 0 Å². The SMILES string of the molecule is COC(=O)c1ccc(N=C(c2ccccc2)c2c(O)[nH]c3ccc(N)cc23)cc1C. The Morgan fingerprint density at radius 2 is 1.83 bits per heavy atom. The first-order valence-electron chi connectivity index (χ1n) is 9.41. The zero-order chi connectivity index (χ0) is 21.3. The van der Waals surface area contributed by atoms with Crippen LogP contribution in [0.2, 0.25) is 0 Å². The van der Waals surface area contributed by atoms with Crippen molar-refractivity contribution in [1.29, 1.82) is 0 Å². The number of nitrogens with zero attached hydrogens (tertiary/aromatic N) is 1. The minimum absolute atomic E-state index is 0.0149. The second-order valence-electron chi connectivity index (χ2n) is 6.97. The van der Waals surface area contributed by atoms with Gasteiger partial charge in [0, 0.05) is 22.2 Å². The third kappa shape index (κ3) is 3.51. The van der Waals surface area contributed by atoms with E-state index in [1.54, 1.807) is 18.2 Å². The number of nitrogen functional groups attached to an aromatic ring is 1. The molecular weight excluding hydrogens is 378 g/mol. The number of hydrogen-bond acceptors (Lipinski definition) is 5. The van der Waals surface area contributed by atoms with Crippen molar-refractivity contribution in [1.82, 2.24) is 4.98 Å². The van der Waals surface area contributed by atoms with Gasteiger partial charge in [0.25, 0.3) is 0 Å². The summed E-state index contributed by atoms with van der Waals surface area (Å²) in [5, 5.41) is 11.5. The predicted octanol–water partition coefficient (Wildman–Crippen LogP) is 4.72. The number of anilines is 1. The maximum Gasteiger partial charge on any atom is 0.338 e. The van der Waals surface area contributed by atoms with E-state index < -0.39 is 5.97 Å². The van der Waals surface area contributed by atoms with E-state index in [-0.39, 0.29) is 5.88 Å². The Hall–Kier alpha value is -4.06. The number of nitrogens with two attached hydrogens (primary N) is 1. The average Bonchev–Trinajstić information content (AvgIpc) is 3.07. The van der Waals surface area contributed by atoms with Gasteiger partial charge in [-0.25, -0.2) is 9.79 Å². The van der Waals surface area contributed by atoms with Crippen molar-refractivity contribution in [2.45, 2.75) is 6.92 Å². The summed E-state index contributed by atoms with van der Waals surface area (Å²) in [6, 6.07) is 20.3. The maximum atomic E-state index is 11.9. The van der Waals surface area contributed by atoms with Gasteiger partial charge < -0.3 is 20.6 Å². The Morgan fingerprint density at radius 1 is 1.07 bits per heavy atom. The van der Waals surface area contributed by atoms with Gasteiger partial charge in [0.05, 0.1) is 29.6 Å². The van der Waals surface area contributed by atoms with E-state index in [0.717, 1.165) is 22.0 Å². The molecule has 1 heterocycles. The minimum Gasteiger partial charge on any atom is -0.494 e. The van der Waals surface area contributed by atoms with Crippen molar-refractivity contribution >= 4 is 34.0 Å². The smallest absolute Gasteiger partial charge is 0.338 e. The normalized spacial score (nSPS) is 11.6. The first kappa shape index (κ1) is 19.3. The van der Waals surface area contributed by atoms with Gasteiger partial charge in [-0.05, 0) is 48.9 Å². The predicted molar refractivity (Wildman–Crippen MR) is 119 cm³/mol. The third-order valence-corrected chi connectivity index (χ3v) is 4.94. The van der Waals surface area contributed by atoms with Crippen molar-refractivity contribution in [3.8, 4) is 5.88 Å². The van der Waals surface area contributed by atoms with E-state index in [1.807, 2.05) is 55.5 Å². The molecule has 0 fully saturated rings. The molecule has 0 aliphatic rings. The Kier molecular flexibility index (Phi) is 4.98. The van der Waals surface area contributed by atoms with Crippen molar-refractivity contribution < 1.29 is 14.6 Å². The van der Waals surface area contributed by atoms with Crippen LogP contribution in [0.5, 0.6) is 5.88 Å². The Balaban J connectivity index is 1.94. The van der Waals surface area contributed by atoms with E-state index in [9.17, 15) is 9.90 Å². The summed E-state index contributed by atoms with van der Waals surface area (Å²) < 4.78 is 4.82. The molecule has 150 valence electrons. The Morgan fingerprint density at radius 3 is 2.53 bits per heavy atom. The number of carbonyl (C=O) groups is 1. The number of aromatic hydroxyl groups is 1. The van der Waals surface area contributed by atoms with Crippen molar-refractivity contribution in [3.05, 3.63) is 89.0 Å². The monoisotopic (exact) mass is 399 g/mol. The van der Waals surface area contributed by atoms with Gasteiger partial charge >= 0.3 is 5.97 Å². The molecule has 0 saturated heterocycles. The number of aromatic nitrogens is 1. The maximum absolute atomic E-state index is 11.9. The van der Waals surface area contributed by atoms with Crippen LogP contribution in [-0.2, 0) is 4.74 Å². The lowest BCUT2D eigenvalue weighted by Gasteiger charge is -2.09. The van der Waals surface area contributed by atoms with E-state index in [0.29, 0.717) is 28.2 Å². The number of fused-ring (bicyclic) bond motifs is 1. The van der Waals surface area contributed by atoms with E-state index >= 15 is 0 Å². The molecule has 4 N–H and O–H groups in total. The molecule has 0 aliphatic heterocycles. The molecule has 6 nitrogen and oxygen atoms in total. The molecule has 4 rings (SSSR count). The summed E-state index contributed by atoms with van der Waals surface area (Å²) in [4.78, 5) is 19.7. The number of aryl methyl sites for hydroxylation is 1. The van der Waals surface area contributed by atoms with Crippen LogP contribution in [0.25, 0.3) is 10.9 Å². The van der Waals surface area contributed by atoms with Crippen LogP contribution < -0.4 is 5.73 Å². The molecule has 0 spiro atoms. The molecule has 4 aromatic rings. The number of carbonyl (C=O) groups excluding carboxylic acids is 1. The highest BCUT2D eigenvalue weighted by molar-refractivity contribution is 6.22. The fraction of sp³-hybridized carbons (Fsp3) is 0.0833. The van der Waals surface area contributed by atoms with Gasteiger partial charge in [-0.1, -0.05) is 30.3 Å². The second-order valence-corrected chi connectivity index (χ2v) is 6.97. The summed E-state index contributed by atoms with van der Waals surface area (Å²) in [7, 11) is 1.35. The molecule has 0 bridgehead atoms. The highest BCUT2D eigenvalue weighted by atomic mass is 16.5. The molecule has 0 radical (unpaired) electrons. The van der Waals surface area contributed by atoms with Crippen molar-refractivity contribution in [2.24, 2.45) is 4.99 Å². The number of esters is 1. The Bertz CT molecular complexity index is 1270. The van der Waals surface area contributed by atoms with E-state index in [1.165, 1.54) is 7.11 Å². The number of aromatic amines is 1. The molecule has 30 heavy (non-hydrogen) atoms. The number of rotatable bonds is 4. The molecule has 3 aromatic carbocycles. The van der Waals surface area contributed by atoms with Gasteiger partial charge in [0.1, 0.15) is 0 Å². The van der Waals surface area contributed by atoms with E-state index in [4.69, 9.17) is 15.5 Å². The van der Waals surface area contributed by atoms with Crippen molar-refractivity contribution in [2.75, 3.05) is 12.8 Å². The molecule has 0 atom stereocenters.